The standard InChI is InChI=1S/C15H22N3O4PS3/c1-11(2)10-18(26-17(4)15(19)20-16-12(3)25-5)23(24)21-13-8-6-7-9-14(13)22-23/h6-9,11H,10H2,1-5H3/b16-12+. The van der Waals surface area contributed by atoms with Crippen LogP contribution in [0.4, 0.5) is 4.79 Å². The average molecular weight is 436 g/mol. The molecule has 1 aromatic carbocycles. The van der Waals surface area contributed by atoms with Crippen LogP contribution in [0.1, 0.15) is 20.8 Å². The highest BCUT2D eigenvalue weighted by Gasteiger charge is 2.40. The van der Waals surface area contributed by atoms with Gasteiger partial charge in [0.2, 0.25) is 0 Å². The molecule has 0 aliphatic carbocycles. The molecule has 1 heterocycles. The van der Waals surface area contributed by atoms with E-state index in [1.165, 1.54) is 16.1 Å². The van der Waals surface area contributed by atoms with Crippen LogP contribution in [0.15, 0.2) is 29.4 Å². The van der Waals surface area contributed by atoms with Crippen LogP contribution in [-0.4, -0.2) is 39.4 Å². The lowest BCUT2D eigenvalue weighted by Gasteiger charge is -2.30. The van der Waals surface area contributed by atoms with E-state index in [0.717, 1.165) is 12.1 Å². The second-order valence-electron chi connectivity index (χ2n) is 5.78. The Morgan fingerprint density at radius 1 is 1.35 bits per heavy atom. The fourth-order valence-corrected chi connectivity index (χ4v) is 6.06. The molecule has 0 fully saturated rings. The number of carbonyl (C=O) groups excluding carboxylic acids is 1. The first kappa shape index (κ1) is 21.4. The van der Waals surface area contributed by atoms with E-state index in [2.05, 4.69) is 19.0 Å². The molecule has 11 heteroatoms. The molecule has 144 valence electrons. The second kappa shape index (κ2) is 9.32. The first-order chi connectivity index (χ1) is 12.2. The molecule has 0 radical (unpaired) electrons. The molecule has 1 amide bonds. The maximum absolute atomic E-state index is 12.2. The molecule has 0 saturated carbocycles. The summed E-state index contributed by atoms with van der Waals surface area (Å²) < 4.78 is 15.0. The van der Waals surface area contributed by atoms with Gasteiger partial charge in [-0.1, -0.05) is 31.1 Å². The number of benzene rings is 1. The van der Waals surface area contributed by atoms with Crippen LogP contribution in [0, 0.1) is 5.92 Å². The van der Waals surface area contributed by atoms with Crippen molar-refractivity contribution in [1.82, 2.24) is 8.38 Å². The molecule has 26 heavy (non-hydrogen) atoms. The number of nitrogens with zero attached hydrogens (tertiary/aromatic N) is 3. The lowest BCUT2D eigenvalue weighted by Crippen LogP contribution is -2.29. The third-order valence-electron chi connectivity index (χ3n) is 3.09. The predicted octanol–water partition coefficient (Wildman–Crippen LogP) is 4.97. The summed E-state index contributed by atoms with van der Waals surface area (Å²) in [6, 6.07) is 7.37. The number of rotatable bonds is 6. The normalized spacial score (nSPS) is 15.4. The number of para-hydroxylation sites is 2. The van der Waals surface area contributed by atoms with Crippen LogP contribution in [0.5, 0.6) is 11.5 Å². The maximum Gasteiger partial charge on any atom is 0.446 e. The van der Waals surface area contributed by atoms with Crippen molar-refractivity contribution < 1.29 is 18.7 Å². The molecular formula is C15H22N3O4PS3. The Labute approximate surface area is 167 Å². The largest absolute Gasteiger partial charge is 0.446 e. The number of hydrogen-bond donors (Lipinski definition) is 0. The first-order valence-electron chi connectivity index (χ1n) is 7.83. The van der Waals surface area contributed by atoms with E-state index in [0.29, 0.717) is 29.0 Å². The van der Waals surface area contributed by atoms with Gasteiger partial charge in [-0.05, 0) is 31.2 Å². The van der Waals surface area contributed by atoms with E-state index in [1.54, 1.807) is 18.0 Å². The quantitative estimate of drug-likeness (QED) is 0.155. The van der Waals surface area contributed by atoms with E-state index in [4.69, 9.17) is 25.7 Å². The van der Waals surface area contributed by atoms with Gasteiger partial charge in [-0.25, -0.2) is 9.10 Å². The maximum atomic E-state index is 12.2. The van der Waals surface area contributed by atoms with Gasteiger partial charge in [0.25, 0.3) is 0 Å². The van der Waals surface area contributed by atoms with Crippen molar-refractivity contribution in [2.45, 2.75) is 20.8 Å². The lowest BCUT2D eigenvalue weighted by atomic mass is 10.2. The van der Waals surface area contributed by atoms with Crippen molar-refractivity contribution in [1.29, 1.82) is 0 Å². The van der Waals surface area contributed by atoms with Crippen LogP contribution in [0.2, 0.25) is 0 Å². The van der Waals surface area contributed by atoms with Crippen molar-refractivity contribution in [2.75, 3.05) is 19.8 Å². The minimum absolute atomic E-state index is 0.291. The molecular weight excluding hydrogens is 413 g/mol. The van der Waals surface area contributed by atoms with Gasteiger partial charge in [0.05, 0.1) is 12.1 Å². The number of carbonyl (C=O) groups is 1. The molecule has 0 spiro atoms. The molecule has 0 bridgehead atoms. The van der Waals surface area contributed by atoms with Crippen molar-refractivity contribution in [3.05, 3.63) is 24.3 Å². The van der Waals surface area contributed by atoms with Gasteiger partial charge >= 0.3 is 12.7 Å². The molecule has 1 aliphatic heterocycles. The Bertz CT molecular complexity index is 703. The molecule has 7 nitrogen and oxygen atoms in total. The van der Waals surface area contributed by atoms with Gasteiger partial charge in [0.15, 0.2) is 11.5 Å². The highest BCUT2D eigenvalue weighted by Crippen LogP contribution is 2.63. The van der Waals surface area contributed by atoms with Crippen LogP contribution in [0.25, 0.3) is 0 Å². The van der Waals surface area contributed by atoms with E-state index in [-0.39, 0.29) is 0 Å². The van der Waals surface area contributed by atoms with Crippen LogP contribution >= 0.6 is 30.5 Å². The Morgan fingerprint density at radius 3 is 2.42 bits per heavy atom. The Balaban J connectivity index is 2.11. The lowest BCUT2D eigenvalue weighted by molar-refractivity contribution is 0.136. The van der Waals surface area contributed by atoms with Crippen molar-refractivity contribution in [3.8, 4) is 11.5 Å². The average Bonchev–Trinajstić information content (AvgIpc) is 2.95. The number of fused-ring (bicyclic) bond motifs is 1. The second-order valence-corrected chi connectivity index (χ2v) is 11.4. The molecule has 0 N–H and O–H groups in total. The number of thioether (sulfide) groups is 1. The van der Waals surface area contributed by atoms with Gasteiger partial charge in [-0.3, -0.25) is 4.84 Å². The van der Waals surface area contributed by atoms with Crippen LogP contribution in [0.3, 0.4) is 0 Å². The number of oxime groups is 1. The topological polar surface area (TPSA) is 63.6 Å². The molecule has 0 atom stereocenters. The zero-order chi connectivity index (χ0) is 19.3. The summed E-state index contributed by atoms with van der Waals surface area (Å²) in [4.78, 5) is 17.1. The van der Waals surface area contributed by atoms with Gasteiger partial charge in [0.1, 0.15) is 5.04 Å². The predicted molar refractivity (Wildman–Crippen MR) is 112 cm³/mol. The third kappa shape index (κ3) is 5.53. The SMILES string of the molecule is CS/C(C)=N/OC(=O)N(C)SN(CC(C)C)P1(=S)Oc2ccccc2O1. The smallest absolute Gasteiger partial charge is 0.420 e. The van der Waals surface area contributed by atoms with E-state index < -0.39 is 12.7 Å². The van der Waals surface area contributed by atoms with Crippen molar-refractivity contribution in [3.63, 3.8) is 0 Å². The van der Waals surface area contributed by atoms with E-state index in [9.17, 15) is 4.79 Å². The van der Waals surface area contributed by atoms with Crippen molar-refractivity contribution >= 4 is 53.5 Å². The Kier molecular flexibility index (Phi) is 7.66. The highest BCUT2D eigenvalue weighted by atomic mass is 32.5. The van der Waals surface area contributed by atoms with Gasteiger partial charge in [0, 0.05) is 25.4 Å². The fourth-order valence-electron chi connectivity index (χ4n) is 1.82. The summed E-state index contributed by atoms with van der Waals surface area (Å²) in [5.41, 5.74) is 0. The third-order valence-corrected chi connectivity index (χ3v) is 8.27. The number of amides is 1. The molecule has 0 aromatic heterocycles. The summed E-state index contributed by atoms with van der Waals surface area (Å²) in [7, 11) is 1.59. The van der Waals surface area contributed by atoms with Crippen molar-refractivity contribution in [2.24, 2.45) is 11.1 Å². The summed E-state index contributed by atoms with van der Waals surface area (Å²) in [5.74, 6) is 1.53. The van der Waals surface area contributed by atoms with Crippen LogP contribution < -0.4 is 9.05 Å². The summed E-state index contributed by atoms with van der Waals surface area (Å²) in [6.07, 6.45) is 1.25. The first-order valence-corrected chi connectivity index (χ1v) is 12.4. The van der Waals surface area contributed by atoms with Gasteiger partial charge in [-0.2, -0.15) is 0 Å². The fraction of sp³-hybridized carbons (Fsp3) is 0.467. The van der Waals surface area contributed by atoms with Crippen LogP contribution in [-0.2, 0) is 16.6 Å². The number of hydrogen-bond acceptors (Lipinski definition) is 8. The van der Waals surface area contributed by atoms with Gasteiger partial charge in [-0.15, -0.1) is 15.8 Å². The molecule has 1 aromatic rings. The van der Waals surface area contributed by atoms with Gasteiger partial charge < -0.3 is 9.05 Å². The van der Waals surface area contributed by atoms with E-state index in [1.807, 2.05) is 30.5 Å². The zero-order valence-electron chi connectivity index (χ0n) is 15.2. The summed E-state index contributed by atoms with van der Waals surface area (Å²) >= 11 is 8.22. The Morgan fingerprint density at radius 2 is 1.92 bits per heavy atom. The summed E-state index contributed by atoms with van der Waals surface area (Å²) in [6.45, 7) is 3.65. The molecule has 0 saturated heterocycles. The minimum Gasteiger partial charge on any atom is -0.420 e. The molecule has 1 aliphatic rings. The minimum atomic E-state index is -2.81. The summed E-state index contributed by atoms with van der Waals surface area (Å²) in [5, 5.41) is 4.41. The highest BCUT2D eigenvalue weighted by molar-refractivity contribution is 8.15. The molecule has 2 rings (SSSR count). The Hall–Kier alpha value is -0.930. The zero-order valence-corrected chi connectivity index (χ0v) is 18.6. The monoisotopic (exact) mass is 435 g/mol. The molecule has 0 unspecified atom stereocenters. The van der Waals surface area contributed by atoms with E-state index >= 15 is 0 Å².